The Morgan fingerprint density at radius 2 is 1.64 bits per heavy atom. The molecule has 12 heteroatoms. The summed E-state index contributed by atoms with van der Waals surface area (Å²) in [6.07, 6.45) is -4.54. The van der Waals surface area contributed by atoms with E-state index in [9.17, 15) is 33.0 Å². The maximum Gasteiger partial charge on any atom is 0.471 e. The molecule has 0 radical (unpaired) electrons. The van der Waals surface area contributed by atoms with Gasteiger partial charge in [-0.15, -0.1) is 0 Å². The van der Waals surface area contributed by atoms with Crippen LogP contribution in [-0.2, 0) is 32.2 Å². The van der Waals surface area contributed by atoms with Crippen molar-refractivity contribution >= 4 is 11.8 Å². The van der Waals surface area contributed by atoms with Gasteiger partial charge in [0.05, 0.1) is 24.9 Å². The van der Waals surface area contributed by atoms with E-state index in [-0.39, 0.29) is 44.4 Å². The van der Waals surface area contributed by atoms with Gasteiger partial charge >= 0.3 is 12.1 Å². The van der Waals surface area contributed by atoms with Crippen LogP contribution in [0.1, 0.15) is 60.3 Å². The van der Waals surface area contributed by atoms with Crippen molar-refractivity contribution in [2.45, 2.75) is 75.7 Å². The van der Waals surface area contributed by atoms with Crippen LogP contribution in [0, 0.1) is 0 Å². The molecule has 0 spiro atoms. The second-order valence-electron chi connectivity index (χ2n) is 11.2. The van der Waals surface area contributed by atoms with Crippen molar-refractivity contribution in [1.29, 1.82) is 0 Å². The molecule has 3 heterocycles. The molecule has 3 aliphatic rings. The standard InChI is InChI=1S/C30H36F3N3O6/c31-30(32,33)29(40)36-12-1-2-25(36)27(39)34-15-19-3-9-22(10-4-19)28-41-24(17-35-13-11-23(38)16-35)14-26(42-28)21-7-5-20(18-37)6-8-21/h3-10,23-26,28,37-38H,1-2,11-18H2,(H,34,39). The van der Waals surface area contributed by atoms with Crippen LogP contribution in [0.25, 0.3) is 0 Å². The summed E-state index contributed by atoms with van der Waals surface area (Å²) >= 11 is 0. The third-order valence-electron chi connectivity index (χ3n) is 8.10. The molecular weight excluding hydrogens is 555 g/mol. The minimum absolute atomic E-state index is 0.0468. The highest BCUT2D eigenvalue weighted by molar-refractivity contribution is 5.90. The average molecular weight is 592 g/mol. The number of halogens is 3. The number of likely N-dealkylation sites (tertiary alicyclic amines) is 2. The Balaban J connectivity index is 1.23. The number of hydrogen-bond acceptors (Lipinski definition) is 7. The highest BCUT2D eigenvalue weighted by Gasteiger charge is 2.47. The molecule has 228 valence electrons. The van der Waals surface area contributed by atoms with Crippen molar-refractivity contribution in [2.75, 3.05) is 26.2 Å². The number of carbonyl (C=O) groups is 2. The third-order valence-corrected chi connectivity index (χ3v) is 8.10. The lowest BCUT2D eigenvalue weighted by atomic mass is 9.99. The summed E-state index contributed by atoms with van der Waals surface area (Å²) in [5.41, 5.74) is 3.27. The molecule has 5 unspecified atom stereocenters. The van der Waals surface area contributed by atoms with Crippen LogP contribution in [0.15, 0.2) is 48.5 Å². The first-order chi connectivity index (χ1) is 20.1. The third kappa shape index (κ3) is 7.30. The van der Waals surface area contributed by atoms with Gasteiger partial charge in [-0.05, 0) is 36.0 Å². The average Bonchev–Trinajstić information content (AvgIpc) is 3.64. The number of carbonyl (C=O) groups excluding carboxylic acids is 2. The van der Waals surface area contributed by atoms with Crippen molar-refractivity contribution in [3.63, 3.8) is 0 Å². The van der Waals surface area contributed by atoms with Gasteiger partial charge in [0.1, 0.15) is 6.04 Å². The van der Waals surface area contributed by atoms with Crippen molar-refractivity contribution in [1.82, 2.24) is 15.1 Å². The molecule has 3 N–H and O–H groups in total. The number of aliphatic hydroxyl groups is 2. The summed E-state index contributed by atoms with van der Waals surface area (Å²) in [5.74, 6) is -2.60. The fourth-order valence-electron chi connectivity index (χ4n) is 5.84. The van der Waals surface area contributed by atoms with Crippen LogP contribution in [0.2, 0.25) is 0 Å². The highest BCUT2D eigenvalue weighted by atomic mass is 19.4. The molecular formula is C30H36F3N3O6. The molecule has 0 aromatic heterocycles. The summed E-state index contributed by atoms with van der Waals surface area (Å²) in [4.78, 5) is 27.1. The van der Waals surface area contributed by atoms with Crippen LogP contribution >= 0.6 is 0 Å². The van der Waals surface area contributed by atoms with E-state index < -0.39 is 30.3 Å². The van der Waals surface area contributed by atoms with Gasteiger partial charge in [0.2, 0.25) is 5.91 Å². The second-order valence-corrected chi connectivity index (χ2v) is 11.2. The van der Waals surface area contributed by atoms with Gasteiger partial charge in [0.15, 0.2) is 6.29 Å². The zero-order valence-corrected chi connectivity index (χ0v) is 23.1. The van der Waals surface area contributed by atoms with E-state index in [1.807, 2.05) is 36.4 Å². The summed E-state index contributed by atoms with van der Waals surface area (Å²) in [5, 5.41) is 22.0. The predicted molar refractivity (Wildman–Crippen MR) is 145 cm³/mol. The molecule has 3 fully saturated rings. The molecule has 3 aliphatic heterocycles. The number of nitrogens with zero attached hydrogens (tertiary/aromatic N) is 2. The maximum absolute atomic E-state index is 12.9. The quantitative estimate of drug-likeness (QED) is 0.433. The number of nitrogens with one attached hydrogen (secondary N) is 1. The Hall–Kier alpha value is -3.03. The van der Waals surface area contributed by atoms with Gasteiger partial charge in [-0.1, -0.05) is 48.5 Å². The molecule has 0 aliphatic carbocycles. The van der Waals surface area contributed by atoms with Crippen molar-refractivity contribution in [3.05, 3.63) is 70.8 Å². The highest BCUT2D eigenvalue weighted by Crippen LogP contribution is 2.38. The van der Waals surface area contributed by atoms with Crippen LogP contribution in [0.5, 0.6) is 0 Å². The van der Waals surface area contributed by atoms with Crippen LogP contribution in [0.4, 0.5) is 13.2 Å². The molecule has 2 aromatic rings. The Morgan fingerprint density at radius 1 is 0.952 bits per heavy atom. The largest absolute Gasteiger partial charge is 0.471 e. The molecule has 42 heavy (non-hydrogen) atoms. The molecule has 2 amide bonds. The molecule has 3 saturated heterocycles. The van der Waals surface area contributed by atoms with Gasteiger partial charge in [0.25, 0.3) is 0 Å². The fourth-order valence-corrected chi connectivity index (χ4v) is 5.84. The summed E-state index contributed by atoms with van der Waals surface area (Å²) in [7, 11) is 0. The van der Waals surface area contributed by atoms with Gasteiger partial charge in [0, 0.05) is 44.7 Å². The summed E-state index contributed by atoms with van der Waals surface area (Å²) < 4.78 is 51.4. The lowest BCUT2D eigenvalue weighted by Crippen LogP contribution is -2.50. The Morgan fingerprint density at radius 3 is 2.29 bits per heavy atom. The number of rotatable bonds is 8. The Bertz CT molecular complexity index is 1230. The number of β-amino-alcohol motifs (C(OH)–C–C–N with tert-alkyl or cyclic N) is 1. The second kappa shape index (κ2) is 13.1. The van der Waals surface area contributed by atoms with Crippen LogP contribution in [0.3, 0.4) is 0 Å². The SMILES string of the molecule is O=C(NCc1ccc(C2OC(CN3CCC(O)C3)CC(c3ccc(CO)cc3)O2)cc1)C1CCCN1C(=O)C(F)(F)F. The molecule has 5 atom stereocenters. The number of alkyl halides is 3. The van der Waals surface area contributed by atoms with E-state index in [2.05, 4.69) is 10.2 Å². The number of hydrogen-bond donors (Lipinski definition) is 3. The first-order valence-corrected chi connectivity index (χ1v) is 14.3. The summed E-state index contributed by atoms with van der Waals surface area (Å²) in [6.45, 7) is 2.00. The maximum atomic E-state index is 12.9. The van der Waals surface area contributed by atoms with Gasteiger partial charge < -0.3 is 29.9 Å². The molecule has 2 aromatic carbocycles. The van der Waals surface area contributed by atoms with E-state index in [4.69, 9.17) is 9.47 Å². The molecule has 9 nitrogen and oxygen atoms in total. The van der Waals surface area contributed by atoms with Gasteiger partial charge in [-0.2, -0.15) is 13.2 Å². The minimum Gasteiger partial charge on any atom is -0.392 e. The van der Waals surface area contributed by atoms with E-state index in [1.54, 1.807) is 12.1 Å². The van der Waals surface area contributed by atoms with E-state index in [0.717, 1.165) is 35.2 Å². The monoisotopic (exact) mass is 591 g/mol. The zero-order valence-electron chi connectivity index (χ0n) is 23.1. The summed E-state index contributed by atoms with van der Waals surface area (Å²) in [6, 6.07) is 13.7. The number of amides is 2. The molecule has 0 bridgehead atoms. The van der Waals surface area contributed by atoms with Crippen molar-refractivity contribution in [3.8, 4) is 0 Å². The van der Waals surface area contributed by atoms with Crippen molar-refractivity contribution in [2.24, 2.45) is 0 Å². The normalized spacial score (nSPS) is 26.9. The van der Waals surface area contributed by atoms with Gasteiger partial charge in [-0.25, -0.2) is 0 Å². The smallest absolute Gasteiger partial charge is 0.392 e. The van der Waals surface area contributed by atoms with E-state index in [1.165, 1.54) is 0 Å². The minimum atomic E-state index is -5.02. The zero-order chi connectivity index (χ0) is 29.9. The number of benzene rings is 2. The topological polar surface area (TPSA) is 112 Å². The number of ether oxygens (including phenoxy) is 2. The van der Waals surface area contributed by atoms with Crippen LogP contribution < -0.4 is 5.32 Å². The molecule has 5 rings (SSSR count). The van der Waals surface area contributed by atoms with Crippen LogP contribution in [-0.4, -0.2) is 82.4 Å². The first kappa shape index (κ1) is 30.4. The lowest BCUT2D eigenvalue weighted by Gasteiger charge is -2.37. The van der Waals surface area contributed by atoms with E-state index >= 15 is 0 Å². The predicted octanol–water partition coefficient (Wildman–Crippen LogP) is 2.96. The van der Waals surface area contributed by atoms with Gasteiger partial charge in [-0.3, -0.25) is 14.5 Å². The lowest BCUT2D eigenvalue weighted by molar-refractivity contribution is -0.252. The first-order valence-electron chi connectivity index (χ1n) is 14.3. The Labute approximate surface area is 242 Å². The fraction of sp³-hybridized carbons (Fsp3) is 0.533. The van der Waals surface area contributed by atoms with E-state index in [0.29, 0.717) is 30.8 Å². The number of aliphatic hydroxyl groups excluding tert-OH is 2. The Kier molecular flexibility index (Phi) is 9.48. The van der Waals surface area contributed by atoms with Crippen molar-refractivity contribution < 1.29 is 42.4 Å². The molecule has 0 saturated carbocycles.